The van der Waals surface area contributed by atoms with E-state index in [4.69, 9.17) is 11.5 Å². The zero-order valence-electron chi connectivity index (χ0n) is 30.7. The van der Waals surface area contributed by atoms with Gasteiger partial charge >= 0.3 is 0 Å². The third-order valence-corrected chi connectivity index (χ3v) is 14.5. The minimum atomic E-state index is -0.250. The van der Waals surface area contributed by atoms with Crippen molar-refractivity contribution >= 4 is 11.4 Å². The van der Waals surface area contributed by atoms with Gasteiger partial charge in [0.2, 0.25) is 0 Å². The Labute approximate surface area is 278 Å². The van der Waals surface area contributed by atoms with Crippen molar-refractivity contribution in [1.29, 1.82) is 0 Å². The Morgan fingerprint density at radius 1 is 0.956 bits per heavy atom. The summed E-state index contributed by atoms with van der Waals surface area (Å²) >= 11 is 0. The fraction of sp³-hybridized carbons (Fsp3) is 0.762. The smallest absolute Gasteiger partial charge is 0.0602 e. The molecule has 254 valence electrons. The van der Waals surface area contributed by atoms with Crippen LogP contribution in [0, 0.1) is 51.8 Å². The number of allylic oxidation sites excluding steroid dienone is 4. The Morgan fingerprint density at radius 2 is 1.62 bits per heavy atom. The lowest BCUT2D eigenvalue weighted by molar-refractivity contribution is -0.191. The summed E-state index contributed by atoms with van der Waals surface area (Å²) in [6, 6.07) is 6.02. The molecule has 45 heavy (non-hydrogen) atoms. The molecule has 0 heterocycles. The molecule has 5 rings (SSSR count). The fourth-order valence-electron chi connectivity index (χ4n) is 11.6. The van der Waals surface area contributed by atoms with E-state index in [1.165, 1.54) is 75.3 Å². The van der Waals surface area contributed by atoms with Gasteiger partial charge in [0.25, 0.3) is 0 Å². The second-order valence-electron chi connectivity index (χ2n) is 16.8. The number of hydrogen-bond acceptors (Lipinski definition) is 3. The van der Waals surface area contributed by atoms with Crippen molar-refractivity contribution in [3.63, 3.8) is 0 Å². The molecule has 3 heteroatoms. The summed E-state index contributed by atoms with van der Waals surface area (Å²) in [5.74, 6) is 4.82. The molecule has 1 aromatic carbocycles. The largest absolute Gasteiger partial charge is 0.399 e. The maximum absolute atomic E-state index is 11.7. The van der Waals surface area contributed by atoms with Gasteiger partial charge in [-0.05, 0) is 175 Å². The number of nitrogens with two attached hydrogens (primary N) is 2. The molecule has 0 aromatic heterocycles. The molecule has 0 aliphatic heterocycles. The lowest BCUT2D eigenvalue weighted by Crippen LogP contribution is -2.61. The SMILES string of the molecule is CC/C(C)=C\CCC(C)C1CCC2C3CCC4C(C)(CCC(O)C4(CC)Cc4ccc(N)cc4N)C3CCC12C.CC=C(C)C. The van der Waals surface area contributed by atoms with Crippen molar-refractivity contribution in [3.8, 4) is 0 Å². The number of aliphatic hydroxyl groups is 1. The minimum Gasteiger partial charge on any atom is -0.399 e. The first-order valence-corrected chi connectivity index (χ1v) is 18.8. The van der Waals surface area contributed by atoms with Crippen LogP contribution in [0.3, 0.4) is 0 Å². The van der Waals surface area contributed by atoms with E-state index in [0.717, 1.165) is 60.2 Å². The predicted molar refractivity (Wildman–Crippen MR) is 196 cm³/mol. The van der Waals surface area contributed by atoms with E-state index in [9.17, 15) is 5.11 Å². The molecule has 4 aliphatic carbocycles. The van der Waals surface area contributed by atoms with Crippen molar-refractivity contribution in [2.75, 3.05) is 11.5 Å². The molecular weight excluding hydrogens is 548 g/mol. The van der Waals surface area contributed by atoms with Crippen molar-refractivity contribution < 1.29 is 5.11 Å². The highest BCUT2D eigenvalue weighted by atomic mass is 16.3. The van der Waals surface area contributed by atoms with Gasteiger partial charge in [-0.25, -0.2) is 0 Å². The van der Waals surface area contributed by atoms with Gasteiger partial charge in [-0.3, -0.25) is 0 Å². The lowest BCUT2D eigenvalue weighted by atomic mass is 9.39. The van der Waals surface area contributed by atoms with Crippen molar-refractivity contribution in [1.82, 2.24) is 0 Å². The molecule has 4 saturated carbocycles. The molecule has 0 saturated heterocycles. The first kappa shape index (κ1) is 36.1. The van der Waals surface area contributed by atoms with Gasteiger partial charge in [-0.1, -0.05) is 64.0 Å². The maximum atomic E-state index is 11.7. The number of anilines is 2. The van der Waals surface area contributed by atoms with Gasteiger partial charge in [0.05, 0.1) is 6.10 Å². The summed E-state index contributed by atoms with van der Waals surface area (Å²) in [6.07, 6.45) is 20.4. The summed E-state index contributed by atoms with van der Waals surface area (Å²) in [7, 11) is 0. The van der Waals surface area contributed by atoms with Crippen LogP contribution in [0.2, 0.25) is 0 Å². The molecule has 0 radical (unpaired) electrons. The number of aliphatic hydroxyl groups excluding tert-OH is 1. The van der Waals surface area contributed by atoms with Crippen molar-refractivity contribution in [2.45, 2.75) is 152 Å². The highest BCUT2D eigenvalue weighted by molar-refractivity contribution is 5.57. The normalized spacial score (nSPS) is 38.2. The van der Waals surface area contributed by atoms with Crippen molar-refractivity contribution in [2.24, 2.45) is 51.8 Å². The third kappa shape index (κ3) is 6.95. The maximum Gasteiger partial charge on any atom is 0.0602 e. The first-order valence-electron chi connectivity index (χ1n) is 18.8. The molecular formula is C42H70N2O. The first-order chi connectivity index (χ1) is 21.3. The van der Waals surface area contributed by atoms with Crippen LogP contribution < -0.4 is 11.5 Å². The molecule has 4 fully saturated rings. The second-order valence-corrected chi connectivity index (χ2v) is 16.8. The number of nitrogen functional groups attached to an aromatic ring is 2. The van der Waals surface area contributed by atoms with Crippen LogP contribution in [0.5, 0.6) is 0 Å². The van der Waals surface area contributed by atoms with Crippen LogP contribution in [0.15, 0.2) is 41.5 Å². The average Bonchev–Trinajstić information content (AvgIpc) is 3.37. The molecule has 10 atom stereocenters. The highest BCUT2D eigenvalue weighted by Gasteiger charge is 2.64. The van der Waals surface area contributed by atoms with Gasteiger partial charge < -0.3 is 16.6 Å². The summed E-state index contributed by atoms with van der Waals surface area (Å²) in [5, 5.41) is 11.7. The summed E-state index contributed by atoms with van der Waals surface area (Å²) < 4.78 is 0. The summed E-state index contributed by atoms with van der Waals surface area (Å²) in [5.41, 5.74) is 18.9. The van der Waals surface area contributed by atoms with Gasteiger partial charge in [-0.2, -0.15) is 0 Å². The minimum absolute atomic E-state index is 0.0974. The molecule has 0 amide bonds. The Kier molecular flexibility index (Phi) is 11.7. The molecule has 10 unspecified atom stereocenters. The van der Waals surface area contributed by atoms with Crippen LogP contribution in [0.4, 0.5) is 11.4 Å². The van der Waals surface area contributed by atoms with Crippen molar-refractivity contribution in [3.05, 3.63) is 47.1 Å². The molecule has 3 nitrogen and oxygen atoms in total. The average molecular weight is 619 g/mol. The van der Waals surface area contributed by atoms with Crippen LogP contribution in [-0.4, -0.2) is 11.2 Å². The number of benzene rings is 1. The van der Waals surface area contributed by atoms with Crippen LogP contribution in [0.25, 0.3) is 0 Å². The molecule has 4 aliphatic rings. The van der Waals surface area contributed by atoms with E-state index in [2.05, 4.69) is 73.6 Å². The van der Waals surface area contributed by atoms with Crippen LogP contribution in [-0.2, 0) is 6.42 Å². The zero-order chi connectivity index (χ0) is 33.2. The van der Waals surface area contributed by atoms with Gasteiger partial charge in [0.1, 0.15) is 0 Å². The molecule has 5 N–H and O–H groups in total. The van der Waals surface area contributed by atoms with E-state index < -0.39 is 0 Å². The fourth-order valence-corrected chi connectivity index (χ4v) is 11.6. The standard InChI is InChI=1S/C37H60N2O.C5H10/c1-7-24(3)10-9-11-25(4)29-15-16-30-28-14-17-33-36(6,31(28)18-20-35(29,30)5)21-19-34(40)37(33,8-2)23-26-12-13-27(38)22-32(26)39;1-4-5(2)3/h10,12-13,22,25,28-31,33-34,40H,7-9,11,14-21,23,38-39H2,1-6H3;4H,1-3H3/b24-10-;. The second kappa shape index (κ2) is 14.6. The number of rotatable bonds is 8. The molecule has 1 aromatic rings. The van der Waals surface area contributed by atoms with E-state index in [1.54, 1.807) is 5.57 Å². The lowest BCUT2D eigenvalue weighted by Gasteiger charge is -2.66. The number of hydrogen-bond donors (Lipinski definition) is 3. The van der Waals surface area contributed by atoms with E-state index >= 15 is 0 Å². The van der Waals surface area contributed by atoms with E-state index in [1.807, 2.05) is 19.1 Å². The van der Waals surface area contributed by atoms with Gasteiger partial charge in [0, 0.05) is 16.8 Å². The zero-order valence-corrected chi connectivity index (χ0v) is 30.7. The van der Waals surface area contributed by atoms with E-state index in [0.29, 0.717) is 16.7 Å². The van der Waals surface area contributed by atoms with Gasteiger partial charge in [0.15, 0.2) is 0 Å². The predicted octanol–water partition coefficient (Wildman–Crippen LogP) is 11.2. The quantitative estimate of drug-likeness (QED) is 0.200. The molecule has 0 spiro atoms. The van der Waals surface area contributed by atoms with Crippen LogP contribution in [0.1, 0.15) is 145 Å². The Hall–Kier alpha value is -1.74. The Bertz CT molecular complexity index is 1200. The topological polar surface area (TPSA) is 72.3 Å². The van der Waals surface area contributed by atoms with Crippen LogP contribution >= 0.6 is 0 Å². The van der Waals surface area contributed by atoms with Gasteiger partial charge in [-0.15, -0.1) is 0 Å². The monoisotopic (exact) mass is 619 g/mol. The summed E-state index contributed by atoms with van der Waals surface area (Å²) in [4.78, 5) is 0. The summed E-state index contributed by atoms with van der Waals surface area (Å²) in [6.45, 7) is 21.0. The Balaban J connectivity index is 0.000000854. The Morgan fingerprint density at radius 3 is 2.24 bits per heavy atom. The highest BCUT2D eigenvalue weighted by Crippen LogP contribution is 2.71. The molecule has 0 bridgehead atoms. The third-order valence-electron chi connectivity index (χ3n) is 14.5. The number of fused-ring (bicyclic) bond motifs is 5. The van der Waals surface area contributed by atoms with E-state index in [-0.39, 0.29) is 11.5 Å².